The third kappa shape index (κ3) is 4.42. The molecule has 0 fully saturated rings. The van der Waals surface area contributed by atoms with Crippen molar-refractivity contribution in [3.05, 3.63) is 83.0 Å². The molecule has 0 bridgehead atoms. The van der Waals surface area contributed by atoms with Crippen molar-refractivity contribution in [3.63, 3.8) is 0 Å². The minimum absolute atomic E-state index is 0.202. The van der Waals surface area contributed by atoms with Gasteiger partial charge in [0.1, 0.15) is 5.82 Å². The Bertz CT molecular complexity index is 960. The molecule has 0 radical (unpaired) electrons. The van der Waals surface area contributed by atoms with Crippen LogP contribution in [0.3, 0.4) is 0 Å². The van der Waals surface area contributed by atoms with Crippen LogP contribution in [0.25, 0.3) is 0 Å². The summed E-state index contributed by atoms with van der Waals surface area (Å²) < 4.78 is 0. The second-order valence-corrected chi connectivity index (χ2v) is 5.79. The highest BCUT2D eigenvalue weighted by Gasteiger charge is 2.09. The van der Waals surface area contributed by atoms with E-state index < -0.39 is 0 Å². The number of carbonyl (C=O) groups is 1. The average Bonchev–Trinajstić information content (AvgIpc) is 2.67. The van der Waals surface area contributed by atoms with Gasteiger partial charge in [-0.05, 0) is 42.8 Å². The predicted molar refractivity (Wildman–Crippen MR) is 99.6 cm³/mol. The lowest BCUT2D eigenvalue weighted by molar-refractivity contribution is 0.102. The van der Waals surface area contributed by atoms with Crippen molar-refractivity contribution in [2.45, 2.75) is 13.5 Å². The number of aromatic nitrogens is 2. The van der Waals surface area contributed by atoms with Crippen LogP contribution in [-0.2, 0) is 6.54 Å². The van der Waals surface area contributed by atoms with Crippen LogP contribution < -0.4 is 10.6 Å². The van der Waals surface area contributed by atoms with Crippen molar-refractivity contribution in [1.29, 1.82) is 5.26 Å². The molecule has 0 unspecified atom stereocenters. The highest BCUT2D eigenvalue weighted by atomic mass is 16.1. The van der Waals surface area contributed by atoms with Crippen LogP contribution in [0, 0.1) is 18.3 Å². The largest absolute Gasteiger partial charge is 0.365 e. The number of nitriles is 1. The Kier molecular flexibility index (Phi) is 5.20. The standard InChI is InChI=1S/C20H17N5O/c1-14-4-2-6-16(10-14)13-22-19-9-8-18(24-25-19)20(26)23-17-7-3-5-15(11-17)12-21/h2-11H,13H2,1H3,(H,22,25)(H,23,26). The van der Waals surface area contributed by atoms with Crippen molar-refractivity contribution in [2.75, 3.05) is 10.6 Å². The van der Waals surface area contributed by atoms with Crippen LogP contribution in [0.5, 0.6) is 0 Å². The minimum atomic E-state index is -0.377. The molecule has 1 heterocycles. The third-order valence-electron chi connectivity index (χ3n) is 3.70. The van der Waals surface area contributed by atoms with Gasteiger partial charge in [-0.15, -0.1) is 10.2 Å². The Morgan fingerprint density at radius 1 is 1.08 bits per heavy atom. The lowest BCUT2D eigenvalue weighted by atomic mass is 10.1. The normalized spacial score (nSPS) is 10.0. The molecule has 6 heteroatoms. The van der Waals surface area contributed by atoms with Gasteiger partial charge >= 0.3 is 0 Å². The Morgan fingerprint density at radius 3 is 2.65 bits per heavy atom. The summed E-state index contributed by atoms with van der Waals surface area (Å²) in [6, 6.07) is 20.2. The van der Waals surface area contributed by atoms with Gasteiger partial charge < -0.3 is 10.6 Å². The molecule has 3 rings (SSSR count). The van der Waals surface area contributed by atoms with Crippen molar-refractivity contribution >= 4 is 17.4 Å². The van der Waals surface area contributed by atoms with Crippen molar-refractivity contribution in [2.24, 2.45) is 0 Å². The van der Waals surface area contributed by atoms with Gasteiger partial charge in [0.05, 0.1) is 11.6 Å². The molecule has 3 aromatic rings. The summed E-state index contributed by atoms with van der Waals surface area (Å²) in [6.45, 7) is 2.67. The van der Waals surface area contributed by atoms with E-state index in [9.17, 15) is 4.79 Å². The maximum Gasteiger partial charge on any atom is 0.276 e. The lowest BCUT2D eigenvalue weighted by Gasteiger charge is -2.07. The molecule has 1 aromatic heterocycles. The fourth-order valence-corrected chi connectivity index (χ4v) is 2.42. The Labute approximate surface area is 151 Å². The van der Waals surface area contributed by atoms with Crippen LogP contribution in [0.1, 0.15) is 27.2 Å². The van der Waals surface area contributed by atoms with Crippen molar-refractivity contribution in [1.82, 2.24) is 10.2 Å². The molecule has 0 aliphatic heterocycles. The van der Waals surface area contributed by atoms with E-state index in [-0.39, 0.29) is 11.6 Å². The monoisotopic (exact) mass is 343 g/mol. The number of nitrogens with one attached hydrogen (secondary N) is 2. The van der Waals surface area contributed by atoms with E-state index in [1.54, 1.807) is 36.4 Å². The zero-order valence-electron chi connectivity index (χ0n) is 14.2. The summed E-state index contributed by atoms with van der Waals surface area (Å²) in [5.74, 6) is 0.215. The number of nitrogens with zero attached hydrogens (tertiary/aromatic N) is 3. The van der Waals surface area contributed by atoms with Crippen LogP contribution in [0.2, 0.25) is 0 Å². The third-order valence-corrected chi connectivity index (χ3v) is 3.70. The van der Waals surface area contributed by atoms with E-state index >= 15 is 0 Å². The summed E-state index contributed by atoms with van der Waals surface area (Å²) in [4.78, 5) is 12.2. The van der Waals surface area contributed by atoms with Crippen LogP contribution in [0.15, 0.2) is 60.7 Å². The van der Waals surface area contributed by atoms with Crippen molar-refractivity contribution < 1.29 is 4.79 Å². The summed E-state index contributed by atoms with van der Waals surface area (Å²) in [5, 5.41) is 22.8. The SMILES string of the molecule is Cc1cccc(CNc2ccc(C(=O)Nc3cccc(C#N)c3)nn2)c1. The van der Waals surface area contributed by atoms with Gasteiger partial charge in [-0.25, -0.2) is 0 Å². The zero-order chi connectivity index (χ0) is 18.4. The number of benzene rings is 2. The molecule has 0 saturated heterocycles. The number of anilines is 2. The molecule has 0 aliphatic rings. The van der Waals surface area contributed by atoms with E-state index in [1.807, 2.05) is 31.2 Å². The van der Waals surface area contributed by atoms with E-state index in [4.69, 9.17) is 5.26 Å². The molecule has 0 aliphatic carbocycles. The smallest absolute Gasteiger partial charge is 0.276 e. The Hall–Kier alpha value is -3.72. The topological polar surface area (TPSA) is 90.7 Å². The molecule has 2 aromatic carbocycles. The van der Waals surface area contributed by atoms with Gasteiger partial charge in [0.2, 0.25) is 0 Å². The summed E-state index contributed by atoms with van der Waals surface area (Å²) in [6.07, 6.45) is 0. The van der Waals surface area contributed by atoms with Gasteiger partial charge in [0.25, 0.3) is 5.91 Å². The quantitative estimate of drug-likeness (QED) is 0.739. The highest BCUT2D eigenvalue weighted by molar-refractivity contribution is 6.02. The van der Waals surface area contributed by atoms with Crippen LogP contribution in [-0.4, -0.2) is 16.1 Å². The maximum atomic E-state index is 12.2. The summed E-state index contributed by atoms with van der Waals surface area (Å²) >= 11 is 0. The number of hydrogen-bond donors (Lipinski definition) is 2. The first kappa shape index (κ1) is 17.1. The molecule has 1 amide bonds. The number of hydrogen-bond acceptors (Lipinski definition) is 5. The second kappa shape index (κ2) is 7.90. The highest BCUT2D eigenvalue weighted by Crippen LogP contribution is 2.12. The first-order chi connectivity index (χ1) is 12.6. The van der Waals surface area contributed by atoms with Gasteiger partial charge in [-0.3, -0.25) is 4.79 Å². The zero-order valence-corrected chi connectivity index (χ0v) is 14.2. The molecule has 128 valence electrons. The van der Waals surface area contributed by atoms with Gasteiger partial charge in [0.15, 0.2) is 5.69 Å². The maximum absolute atomic E-state index is 12.2. The van der Waals surface area contributed by atoms with Gasteiger partial charge in [-0.2, -0.15) is 5.26 Å². The first-order valence-corrected chi connectivity index (χ1v) is 8.09. The van der Waals surface area contributed by atoms with Crippen LogP contribution in [0.4, 0.5) is 11.5 Å². The van der Waals surface area contributed by atoms with Gasteiger partial charge in [0, 0.05) is 12.2 Å². The molecule has 26 heavy (non-hydrogen) atoms. The number of carbonyl (C=O) groups excluding carboxylic acids is 1. The van der Waals surface area contributed by atoms with Crippen molar-refractivity contribution in [3.8, 4) is 6.07 Å². The Balaban J connectivity index is 1.61. The summed E-state index contributed by atoms with van der Waals surface area (Å²) in [7, 11) is 0. The summed E-state index contributed by atoms with van der Waals surface area (Å²) in [5.41, 5.74) is 3.56. The molecule has 0 atom stereocenters. The minimum Gasteiger partial charge on any atom is -0.365 e. The predicted octanol–water partition coefficient (Wildman–Crippen LogP) is 3.52. The lowest BCUT2D eigenvalue weighted by Crippen LogP contribution is -2.15. The fraction of sp³-hybridized carbons (Fsp3) is 0.100. The number of rotatable bonds is 5. The Morgan fingerprint density at radius 2 is 1.92 bits per heavy atom. The molecular weight excluding hydrogens is 326 g/mol. The molecule has 0 saturated carbocycles. The fourth-order valence-electron chi connectivity index (χ4n) is 2.42. The average molecular weight is 343 g/mol. The number of amides is 1. The first-order valence-electron chi connectivity index (χ1n) is 8.09. The van der Waals surface area contributed by atoms with E-state index in [0.29, 0.717) is 23.6 Å². The van der Waals surface area contributed by atoms with E-state index in [2.05, 4.69) is 26.9 Å². The molecule has 0 spiro atoms. The van der Waals surface area contributed by atoms with Gasteiger partial charge in [-0.1, -0.05) is 35.9 Å². The molecule has 6 nitrogen and oxygen atoms in total. The molecule has 2 N–H and O–H groups in total. The molecular formula is C20H17N5O. The second-order valence-electron chi connectivity index (χ2n) is 5.79. The number of aryl methyl sites for hydroxylation is 1. The van der Waals surface area contributed by atoms with Crippen LogP contribution >= 0.6 is 0 Å². The van der Waals surface area contributed by atoms with E-state index in [0.717, 1.165) is 5.56 Å². The van der Waals surface area contributed by atoms with E-state index in [1.165, 1.54) is 5.56 Å².